The summed E-state index contributed by atoms with van der Waals surface area (Å²) in [5.41, 5.74) is 3.54. The Morgan fingerprint density at radius 1 is 1.38 bits per heavy atom. The van der Waals surface area contributed by atoms with Crippen molar-refractivity contribution >= 4 is 5.78 Å². The van der Waals surface area contributed by atoms with Gasteiger partial charge in [0.05, 0.1) is 0 Å². The van der Waals surface area contributed by atoms with E-state index in [4.69, 9.17) is 0 Å². The number of carbonyl (C=O) groups is 1. The fourth-order valence-electron chi connectivity index (χ4n) is 1.77. The highest BCUT2D eigenvalue weighted by Crippen LogP contribution is 2.25. The SMILES string of the molecule is CCCC1=CC(=O)C(=C(C)C)CC1. The quantitative estimate of drug-likeness (QED) is 0.592. The molecule has 0 amide bonds. The summed E-state index contributed by atoms with van der Waals surface area (Å²) in [5, 5.41) is 0. The third kappa shape index (κ3) is 2.55. The van der Waals surface area contributed by atoms with Crippen molar-refractivity contribution in [1.82, 2.24) is 0 Å². The molecule has 0 saturated carbocycles. The zero-order valence-electron chi connectivity index (χ0n) is 8.81. The molecule has 0 unspecified atom stereocenters. The van der Waals surface area contributed by atoms with Gasteiger partial charge in [-0.25, -0.2) is 0 Å². The molecule has 0 aromatic rings. The first-order valence-electron chi connectivity index (χ1n) is 5.05. The molecule has 0 aliphatic heterocycles. The molecule has 0 spiro atoms. The van der Waals surface area contributed by atoms with Crippen LogP contribution in [0.15, 0.2) is 22.8 Å². The Morgan fingerprint density at radius 3 is 2.54 bits per heavy atom. The molecule has 0 bridgehead atoms. The standard InChI is InChI=1S/C12H18O/c1-4-5-10-6-7-11(9(2)3)12(13)8-10/h8H,4-7H2,1-3H3. The Kier molecular flexibility index (Phi) is 3.47. The first-order valence-corrected chi connectivity index (χ1v) is 5.05. The first kappa shape index (κ1) is 10.2. The van der Waals surface area contributed by atoms with Crippen molar-refractivity contribution in [2.75, 3.05) is 0 Å². The van der Waals surface area contributed by atoms with Gasteiger partial charge in [-0.2, -0.15) is 0 Å². The van der Waals surface area contributed by atoms with Crippen molar-refractivity contribution in [3.05, 3.63) is 22.8 Å². The summed E-state index contributed by atoms with van der Waals surface area (Å²) in [4.78, 5) is 11.6. The van der Waals surface area contributed by atoms with E-state index >= 15 is 0 Å². The number of hydrogen-bond donors (Lipinski definition) is 0. The van der Waals surface area contributed by atoms with E-state index in [0.717, 1.165) is 31.3 Å². The molecule has 0 radical (unpaired) electrons. The minimum atomic E-state index is 0.245. The van der Waals surface area contributed by atoms with E-state index in [9.17, 15) is 4.79 Å². The third-order valence-electron chi connectivity index (χ3n) is 2.50. The molecular weight excluding hydrogens is 160 g/mol. The molecule has 0 N–H and O–H groups in total. The van der Waals surface area contributed by atoms with Crippen LogP contribution in [0.25, 0.3) is 0 Å². The fraction of sp³-hybridized carbons (Fsp3) is 0.583. The third-order valence-corrected chi connectivity index (χ3v) is 2.50. The number of allylic oxidation sites excluding steroid dienone is 4. The minimum Gasteiger partial charge on any atom is -0.290 e. The van der Waals surface area contributed by atoms with Crippen molar-refractivity contribution in [2.24, 2.45) is 0 Å². The number of hydrogen-bond acceptors (Lipinski definition) is 1. The summed E-state index contributed by atoms with van der Waals surface area (Å²) >= 11 is 0. The second-order valence-corrected chi connectivity index (χ2v) is 3.90. The van der Waals surface area contributed by atoms with Gasteiger partial charge in [-0.1, -0.05) is 24.5 Å². The van der Waals surface area contributed by atoms with Gasteiger partial charge in [-0.15, -0.1) is 0 Å². The van der Waals surface area contributed by atoms with Gasteiger partial charge in [0.15, 0.2) is 5.78 Å². The molecule has 0 heterocycles. The normalized spacial score (nSPS) is 17.3. The lowest BCUT2D eigenvalue weighted by Gasteiger charge is -2.15. The van der Waals surface area contributed by atoms with E-state index in [1.807, 2.05) is 19.9 Å². The van der Waals surface area contributed by atoms with Gasteiger partial charge in [0.1, 0.15) is 0 Å². The molecule has 13 heavy (non-hydrogen) atoms. The van der Waals surface area contributed by atoms with Gasteiger partial charge >= 0.3 is 0 Å². The lowest BCUT2D eigenvalue weighted by atomic mass is 9.89. The molecule has 72 valence electrons. The molecule has 0 saturated heterocycles. The summed E-state index contributed by atoms with van der Waals surface area (Å²) in [6.45, 7) is 6.19. The van der Waals surface area contributed by atoms with Crippen LogP contribution >= 0.6 is 0 Å². The molecule has 1 aliphatic rings. The molecule has 0 atom stereocenters. The maximum absolute atomic E-state index is 11.6. The molecule has 0 aromatic carbocycles. The highest BCUT2D eigenvalue weighted by molar-refractivity contribution is 6.05. The molecule has 1 heteroatoms. The van der Waals surface area contributed by atoms with E-state index in [-0.39, 0.29) is 5.78 Å². The second-order valence-electron chi connectivity index (χ2n) is 3.90. The van der Waals surface area contributed by atoms with Crippen LogP contribution in [0.2, 0.25) is 0 Å². The number of ketones is 1. The molecule has 1 rings (SSSR count). The Bertz CT molecular complexity index is 265. The van der Waals surface area contributed by atoms with Gasteiger partial charge < -0.3 is 0 Å². The van der Waals surface area contributed by atoms with E-state index in [1.165, 1.54) is 11.1 Å². The van der Waals surface area contributed by atoms with Crippen LogP contribution in [0.3, 0.4) is 0 Å². The maximum atomic E-state index is 11.6. The van der Waals surface area contributed by atoms with Gasteiger partial charge in [0, 0.05) is 0 Å². The predicted octanol–water partition coefficient (Wildman–Crippen LogP) is 3.41. The summed E-state index contributed by atoms with van der Waals surface area (Å²) < 4.78 is 0. The van der Waals surface area contributed by atoms with Gasteiger partial charge in [0.25, 0.3) is 0 Å². The van der Waals surface area contributed by atoms with Crippen molar-refractivity contribution < 1.29 is 4.79 Å². The molecule has 0 aromatic heterocycles. The van der Waals surface area contributed by atoms with Crippen LogP contribution in [0, 0.1) is 0 Å². The molecule has 0 fully saturated rings. The lowest BCUT2D eigenvalue weighted by molar-refractivity contribution is -0.111. The monoisotopic (exact) mass is 178 g/mol. The Hall–Kier alpha value is -0.850. The maximum Gasteiger partial charge on any atom is 0.181 e. The van der Waals surface area contributed by atoms with Crippen LogP contribution in [0.5, 0.6) is 0 Å². The highest BCUT2D eigenvalue weighted by atomic mass is 16.1. The van der Waals surface area contributed by atoms with Crippen molar-refractivity contribution in [1.29, 1.82) is 0 Å². The van der Waals surface area contributed by atoms with Crippen LogP contribution in [0.4, 0.5) is 0 Å². The van der Waals surface area contributed by atoms with Gasteiger partial charge in [-0.3, -0.25) is 4.79 Å². The van der Waals surface area contributed by atoms with Crippen molar-refractivity contribution in [3.63, 3.8) is 0 Å². The molecular formula is C12H18O. The van der Waals surface area contributed by atoms with Crippen molar-refractivity contribution in [2.45, 2.75) is 46.5 Å². The number of rotatable bonds is 2. The average Bonchev–Trinajstić information content (AvgIpc) is 2.04. The smallest absolute Gasteiger partial charge is 0.181 e. The average molecular weight is 178 g/mol. The largest absolute Gasteiger partial charge is 0.290 e. The highest BCUT2D eigenvalue weighted by Gasteiger charge is 2.15. The molecule has 1 aliphatic carbocycles. The Labute approximate surface area is 80.5 Å². The summed E-state index contributed by atoms with van der Waals surface area (Å²) in [5.74, 6) is 0.245. The topological polar surface area (TPSA) is 17.1 Å². The predicted molar refractivity (Wildman–Crippen MR) is 55.6 cm³/mol. The summed E-state index contributed by atoms with van der Waals surface area (Å²) in [7, 11) is 0. The fourth-order valence-corrected chi connectivity index (χ4v) is 1.77. The van der Waals surface area contributed by atoms with Crippen molar-refractivity contribution in [3.8, 4) is 0 Å². The minimum absolute atomic E-state index is 0.245. The first-order chi connectivity index (χ1) is 6.15. The number of carbonyl (C=O) groups excluding carboxylic acids is 1. The van der Waals surface area contributed by atoms with E-state index in [0.29, 0.717) is 0 Å². The van der Waals surface area contributed by atoms with E-state index in [2.05, 4.69) is 6.92 Å². The van der Waals surface area contributed by atoms with Crippen LogP contribution in [-0.2, 0) is 4.79 Å². The molecule has 1 nitrogen and oxygen atoms in total. The van der Waals surface area contributed by atoms with Gasteiger partial charge in [-0.05, 0) is 44.8 Å². The Balaban J connectivity index is 2.78. The Morgan fingerprint density at radius 2 is 2.08 bits per heavy atom. The van der Waals surface area contributed by atoms with E-state index < -0.39 is 0 Å². The summed E-state index contributed by atoms with van der Waals surface area (Å²) in [6, 6.07) is 0. The second kappa shape index (κ2) is 4.40. The van der Waals surface area contributed by atoms with Crippen LogP contribution in [0.1, 0.15) is 46.5 Å². The lowest BCUT2D eigenvalue weighted by Crippen LogP contribution is -2.08. The summed E-state index contributed by atoms with van der Waals surface area (Å²) in [6.07, 6.45) is 6.10. The van der Waals surface area contributed by atoms with Crippen LogP contribution in [-0.4, -0.2) is 5.78 Å². The zero-order valence-corrected chi connectivity index (χ0v) is 8.81. The van der Waals surface area contributed by atoms with Crippen LogP contribution < -0.4 is 0 Å². The van der Waals surface area contributed by atoms with Gasteiger partial charge in [0.2, 0.25) is 0 Å². The zero-order chi connectivity index (χ0) is 9.84. The van der Waals surface area contributed by atoms with E-state index in [1.54, 1.807) is 0 Å².